The minimum atomic E-state index is -5.01. The zero-order valence-corrected chi connectivity index (χ0v) is 9.26. The molecule has 1 rings (SSSR count). The number of hydrogen-bond acceptors (Lipinski definition) is 1. The summed E-state index contributed by atoms with van der Waals surface area (Å²) in [5.41, 5.74) is 2.04. The molecule has 0 saturated heterocycles. The molecule has 0 heterocycles. The molecular formula is C9H7ClF7N. The Hall–Kier alpha value is -1.02. The van der Waals surface area contributed by atoms with Crippen LogP contribution in [0, 0.1) is 5.82 Å². The van der Waals surface area contributed by atoms with E-state index in [1.807, 2.05) is 0 Å². The van der Waals surface area contributed by atoms with Gasteiger partial charge in [0, 0.05) is 5.56 Å². The van der Waals surface area contributed by atoms with Gasteiger partial charge in [-0.3, -0.25) is 0 Å². The van der Waals surface area contributed by atoms with Crippen molar-refractivity contribution in [2.75, 3.05) is 0 Å². The van der Waals surface area contributed by atoms with Gasteiger partial charge in [-0.25, -0.2) is 4.39 Å². The Balaban J connectivity index is 0.00000289. The molecule has 0 amide bonds. The molecule has 0 saturated carbocycles. The van der Waals surface area contributed by atoms with E-state index < -0.39 is 35.3 Å². The number of hydrogen-bond donors (Lipinski definition) is 1. The van der Waals surface area contributed by atoms with Gasteiger partial charge in [0.15, 0.2) is 0 Å². The number of rotatable bonds is 1. The molecule has 0 radical (unpaired) electrons. The van der Waals surface area contributed by atoms with Crippen LogP contribution in [0.3, 0.4) is 0 Å². The number of halogens is 8. The summed E-state index contributed by atoms with van der Waals surface area (Å²) in [7, 11) is 0. The third-order valence-electron chi connectivity index (χ3n) is 2.01. The second kappa shape index (κ2) is 5.31. The normalized spacial score (nSPS) is 14.0. The van der Waals surface area contributed by atoms with Crippen molar-refractivity contribution in [2.24, 2.45) is 5.73 Å². The summed E-state index contributed by atoms with van der Waals surface area (Å²) in [5.74, 6) is -1.43. The van der Waals surface area contributed by atoms with E-state index in [4.69, 9.17) is 0 Å². The van der Waals surface area contributed by atoms with Crippen LogP contribution in [0.25, 0.3) is 0 Å². The molecule has 0 aromatic heterocycles. The fourth-order valence-corrected chi connectivity index (χ4v) is 1.13. The largest absolute Gasteiger partial charge is 0.416 e. The minimum Gasteiger partial charge on any atom is -0.316 e. The standard InChI is InChI=1S/C9H6F7N.ClH/c10-6-2-1-4(8(11,12)13)3-5(6)7(17)9(14,15)16;/h1-3,7H,17H2;1H/t7-;/m0./s1. The van der Waals surface area contributed by atoms with Gasteiger partial charge in [0.1, 0.15) is 11.9 Å². The number of alkyl halides is 6. The summed E-state index contributed by atoms with van der Waals surface area (Å²) in [5, 5.41) is 0. The molecule has 0 fully saturated rings. The third-order valence-corrected chi connectivity index (χ3v) is 2.01. The van der Waals surface area contributed by atoms with E-state index in [2.05, 4.69) is 5.73 Å². The highest BCUT2D eigenvalue weighted by atomic mass is 35.5. The summed E-state index contributed by atoms with van der Waals surface area (Å²) >= 11 is 0. The van der Waals surface area contributed by atoms with Crippen LogP contribution in [0.4, 0.5) is 30.7 Å². The molecule has 1 atom stereocenters. The SMILES string of the molecule is Cl.N[C@@H](c1cc(C(F)(F)F)ccc1F)C(F)(F)F. The quantitative estimate of drug-likeness (QED) is 0.783. The topological polar surface area (TPSA) is 26.0 Å². The first-order valence-electron chi connectivity index (χ1n) is 4.22. The fourth-order valence-electron chi connectivity index (χ4n) is 1.13. The monoisotopic (exact) mass is 297 g/mol. The van der Waals surface area contributed by atoms with Crippen molar-refractivity contribution in [3.05, 3.63) is 35.1 Å². The van der Waals surface area contributed by atoms with Crippen molar-refractivity contribution in [1.82, 2.24) is 0 Å². The maximum atomic E-state index is 13.0. The molecule has 0 spiro atoms. The Bertz CT molecular complexity index is 412. The van der Waals surface area contributed by atoms with E-state index in [0.29, 0.717) is 12.1 Å². The summed E-state index contributed by atoms with van der Waals surface area (Å²) in [6.45, 7) is 0. The van der Waals surface area contributed by atoms with Crippen molar-refractivity contribution in [1.29, 1.82) is 0 Å². The average molecular weight is 298 g/mol. The highest BCUT2D eigenvalue weighted by molar-refractivity contribution is 5.85. The highest BCUT2D eigenvalue weighted by Crippen LogP contribution is 2.36. The maximum Gasteiger partial charge on any atom is 0.416 e. The highest BCUT2D eigenvalue weighted by Gasteiger charge is 2.40. The molecule has 9 heteroatoms. The van der Waals surface area contributed by atoms with Crippen molar-refractivity contribution < 1.29 is 30.7 Å². The predicted molar refractivity (Wildman–Crippen MR) is 51.6 cm³/mol. The summed E-state index contributed by atoms with van der Waals surface area (Å²) < 4.78 is 86.1. The molecule has 1 aromatic rings. The van der Waals surface area contributed by atoms with Crippen LogP contribution in [0.5, 0.6) is 0 Å². The molecule has 104 valence electrons. The first kappa shape index (κ1) is 17.0. The minimum absolute atomic E-state index is 0. The van der Waals surface area contributed by atoms with Crippen molar-refractivity contribution >= 4 is 12.4 Å². The van der Waals surface area contributed by atoms with Gasteiger partial charge in [0.05, 0.1) is 5.56 Å². The molecule has 18 heavy (non-hydrogen) atoms. The smallest absolute Gasteiger partial charge is 0.316 e. The van der Waals surface area contributed by atoms with Gasteiger partial charge in [-0.1, -0.05) is 0 Å². The van der Waals surface area contributed by atoms with Crippen LogP contribution >= 0.6 is 12.4 Å². The molecular weight excluding hydrogens is 291 g/mol. The number of nitrogens with two attached hydrogens (primary N) is 1. The second-order valence-electron chi connectivity index (χ2n) is 3.25. The lowest BCUT2D eigenvalue weighted by molar-refractivity contribution is -0.150. The molecule has 2 N–H and O–H groups in total. The van der Waals surface area contributed by atoms with Crippen LogP contribution in [0.15, 0.2) is 18.2 Å². The van der Waals surface area contributed by atoms with Gasteiger partial charge >= 0.3 is 12.4 Å². The zero-order valence-electron chi connectivity index (χ0n) is 8.44. The summed E-state index contributed by atoms with van der Waals surface area (Å²) in [6.07, 6.45) is -9.86. The second-order valence-corrected chi connectivity index (χ2v) is 3.25. The summed E-state index contributed by atoms with van der Waals surface area (Å²) in [6, 6.07) is -2.07. The van der Waals surface area contributed by atoms with Gasteiger partial charge in [0.25, 0.3) is 0 Å². The van der Waals surface area contributed by atoms with Gasteiger partial charge in [0.2, 0.25) is 0 Å². The lowest BCUT2D eigenvalue weighted by Gasteiger charge is -2.18. The van der Waals surface area contributed by atoms with Gasteiger partial charge in [-0.15, -0.1) is 12.4 Å². The Morgan fingerprint density at radius 3 is 1.89 bits per heavy atom. The van der Waals surface area contributed by atoms with E-state index in [0.717, 1.165) is 0 Å². The van der Waals surface area contributed by atoms with E-state index in [1.54, 1.807) is 0 Å². The van der Waals surface area contributed by atoms with Crippen molar-refractivity contribution in [3.8, 4) is 0 Å². The molecule has 1 nitrogen and oxygen atoms in total. The molecule has 0 aliphatic rings. The zero-order chi connectivity index (χ0) is 13.4. The molecule has 0 aliphatic carbocycles. The average Bonchev–Trinajstić information content (AvgIpc) is 2.14. The van der Waals surface area contributed by atoms with Crippen LogP contribution in [-0.4, -0.2) is 6.18 Å². The van der Waals surface area contributed by atoms with E-state index in [9.17, 15) is 30.7 Å². The Morgan fingerprint density at radius 2 is 1.50 bits per heavy atom. The van der Waals surface area contributed by atoms with Crippen LogP contribution in [-0.2, 0) is 6.18 Å². The maximum absolute atomic E-state index is 13.0. The molecule has 0 aliphatic heterocycles. The van der Waals surface area contributed by atoms with Crippen molar-refractivity contribution in [3.63, 3.8) is 0 Å². The Labute approximate surface area is 103 Å². The van der Waals surface area contributed by atoms with Gasteiger partial charge in [-0.2, -0.15) is 26.3 Å². The fraction of sp³-hybridized carbons (Fsp3) is 0.333. The van der Waals surface area contributed by atoms with Gasteiger partial charge < -0.3 is 5.73 Å². The molecule has 0 unspecified atom stereocenters. The predicted octanol–water partition coefficient (Wildman–Crippen LogP) is 3.83. The number of benzene rings is 1. The van der Waals surface area contributed by atoms with E-state index in [-0.39, 0.29) is 18.5 Å². The lowest BCUT2D eigenvalue weighted by Crippen LogP contribution is -2.29. The van der Waals surface area contributed by atoms with Crippen LogP contribution in [0.2, 0.25) is 0 Å². The summed E-state index contributed by atoms with van der Waals surface area (Å²) in [4.78, 5) is 0. The van der Waals surface area contributed by atoms with Crippen molar-refractivity contribution in [2.45, 2.75) is 18.4 Å². The first-order chi connectivity index (χ1) is 7.53. The van der Waals surface area contributed by atoms with Crippen LogP contribution < -0.4 is 5.73 Å². The van der Waals surface area contributed by atoms with E-state index in [1.165, 1.54) is 0 Å². The molecule has 1 aromatic carbocycles. The molecule has 0 bridgehead atoms. The van der Waals surface area contributed by atoms with Gasteiger partial charge in [-0.05, 0) is 18.2 Å². The Morgan fingerprint density at radius 1 is 1.00 bits per heavy atom. The van der Waals surface area contributed by atoms with E-state index >= 15 is 0 Å². The first-order valence-corrected chi connectivity index (χ1v) is 4.22. The Kier molecular flexibility index (Phi) is 5.01. The third kappa shape index (κ3) is 3.74. The lowest BCUT2D eigenvalue weighted by atomic mass is 10.0. The van der Waals surface area contributed by atoms with Crippen LogP contribution in [0.1, 0.15) is 17.2 Å².